The molecule has 0 saturated carbocycles. The standard InChI is InChI=1S/C12H17ClN4O2/c1-2-3-4-17-12(19)11(13)9(7-15-17)16-8-5-10(18)14-6-8/h7-8,16H,2-6H2,1H3,(H,14,18). The van der Waals surface area contributed by atoms with E-state index in [2.05, 4.69) is 15.7 Å². The van der Waals surface area contributed by atoms with Gasteiger partial charge in [0.15, 0.2) is 0 Å². The van der Waals surface area contributed by atoms with Crippen LogP contribution in [0.3, 0.4) is 0 Å². The van der Waals surface area contributed by atoms with Crippen LogP contribution < -0.4 is 16.2 Å². The normalized spacial score (nSPS) is 18.4. The zero-order valence-electron chi connectivity index (χ0n) is 10.8. The predicted octanol–water partition coefficient (Wildman–Crippen LogP) is 0.997. The first-order valence-electron chi connectivity index (χ1n) is 6.40. The third-order valence-corrected chi connectivity index (χ3v) is 3.41. The quantitative estimate of drug-likeness (QED) is 0.846. The Balaban J connectivity index is 2.12. The number of aromatic nitrogens is 2. The number of anilines is 1. The summed E-state index contributed by atoms with van der Waals surface area (Å²) in [4.78, 5) is 23.1. The highest BCUT2D eigenvalue weighted by Gasteiger charge is 2.22. The zero-order chi connectivity index (χ0) is 13.8. The first-order chi connectivity index (χ1) is 9.11. The van der Waals surface area contributed by atoms with Gasteiger partial charge in [-0.1, -0.05) is 24.9 Å². The fourth-order valence-electron chi connectivity index (χ4n) is 1.96. The Labute approximate surface area is 116 Å². The van der Waals surface area contributed by atoms with E-state index in [0.29, 0.717) is 25.2 Å². The molecule has 2 heterocycles. The second-order valence-electron chi connectivity index (χ2n) is 4.60. The fraction of sp³-hybridized carbons (Fsp3) is 0.583. The number of hydrogen-bond acceptors (Lipinski definition) is 4. The van der Waals surface area contributed by atoms with Crippen molar-refractivity contribution in [2.75, 3.05) is 11.9 Å². The van der Waals surface area contributed by atoms with Gasteiger partial charge < -0.3 is 10.6 Å². The van der Waals surface area contributed by atoms with Crippen LogP contribution in [0.25, 0.3) is 0 Å². The molecule has 0 aliphatic carbocycles. The van der Waals surface area contributed by atoms with Crippen LogP contribution in [-0.4, -0.2) is 28.3 Å². The lowest BCUT2D eigenvalue weighted by molar-refractivity contribution is -0.119. The van der Waals surface area contributed by atoms with E-state index in [9.17, 15) is 9.59 Å². The Morgan fingerprint density at radius 1 is 1.58 bits per heavy atom. The summed E-state index contributed by atoms with van der Waals surface area (Å²) in [5, 5.41) is 10.0. The molecule has 0 bridgehead atoms. The van der Waals surface area contributed by atoms with E-state index in [1.165, 1.54) is 4.68 Å². The second kappa shape index (κ2) is 6.06. The van der Waals surface area contributed by atoms with E-state index in [1.807, 2.05) is 6.92 Å². The average molecular weight is 285 g/mol. The molecule has 1 aromatic heterocycles. The summed E-state index contributed by atoms with van der Waals surface area (Å²) in [6.07, 6.45) is 3.80. The molecule has 0 aromatic carbocycles. The average Bonchev–Trinajstić information content (AvgIpc) is 2.80. The van der Waals surface area contributed by atoms with Crippen molar-refractivity contribution in [3.8, 4) is 0 Å². The van der Waals surface area contributed by atoms with Gasteiger partial charge in [-0.2, -0.15) is 5.10 Å². The van der Waals surface area contributed by atoms with Crippen molar-refractivity contribution in [2.24, 2.45) is 0 Å². The SMILES string of the molecule is CCCCn1ncc(NC2CNC(=O)C2)c(Cl)c1=O. The Hall–Kier alpha value is -1.56. The Morgan fingerprint density at radius 2 is 2.37 bits per heavy atom. The van der Waals surface area contributed by atoms with Gasteiger partial charge >= 0.3 is 0 Å². The number of nitrogens with one attached hydrogen (secondary N) is 2. The van der Waals surface area contributed by atoms with Crippen molar-refractivity contribution < 1.29 is 4.79 Å². The molecule has 2 N–H and O–H groups in total. The summed E-state index contributed by atoms with van der Waals surface area (Å²) in [5.74, 6) is -0.00197. The van der Waals surface area contributed by atoms with Crippen LogP contribution in [0.4, 0.5) is 5.69 Å². The minimum atomic E-state index is -0.294. The highest BCUT2D eigenvalue weighted by atomic mass is 35.5. The third-order valence-electron chi connectivity index (χ3n) is 3.05. The summed E-state index contributed by atoms with van der Waals surface area (Å²) in [7, 11) is 0. The number of carbonyl (C=O) groups is 1. The van der Waals surface area contributed by atoms with Crippen molar-refractivity contribution in [1.82, 2.24) is 15.1 Å². The molecule has 1 fully saturated rings. The van der Waals surface area contributed by atoms with Gasteiger partial charge in [-0.25, -0.2) is 4.68 Å². The number of aryl methyl sites for hydroxylation is 1. The molecule has 1 aliphatic rings. The third kappa shape index (κ3) is 3.26. The van der Waals surface area contributed by atoms with Gasteiger partial charge in [-0.3, -0.25) is 9.59 Å². The summed E-state index contributed by atoms with van der Waals surface area (Å²) < 4.78 is 1.37. The highest BCUT2D eigenvalue weighted by Crippen LogP contribution is 2.18. The lowest BCUT2D eigenvalue weighted by Gasteiger charge is -2.13. The lowest BCUT2D eigenvalue weighted by atomic mass is 10.2. The van der Waals surface area contributed by atoms with Crippen LogP contribution in [0, 0.1) is 0 Å². The summed E-state index contributed by atoms with van der Waals surface area (Å²) in [6, 6.07) is -0.0438. The van der Waals surface area contributed by atoms with Crippen LogP contribution >= 0.6 is 11.6 Å². The number of nitrogens with zero attached hydrogens (tertiary/aromatic N) is 2. The highest BCUT2D eigenvalue weighted by molar-refractivity contribution is 6.32. The molecule has 0 radical (unpaired) electrons. The van der Waals surface area contributed by atoms with Crippen LogP contribution in [0.1, 0.15) is 26.2 Å². The first-order valence-corrected chi connectivity index (χ1v) is 6.78. The van der Waals surface area contributed by atoms with Gasteiger partial charge in [0, 0.05) is 19.5 Å². The molecule has 1 saturated heterocycles. The topological polar surface area (TPSA) is 76.0 Å². The molecule has 1 aliphatic heterocycles. The molecule has 1 amide bonds. The molecule has 2 rings (SSSR count). The van der Waals surface area contributed by atoms with E-state index in [0.717, 1.165) is 12.8 Å². The minimum absolute atomic E-state index is 0.00197. The number of hydrogen-bond donors (Lipinski definition) is 2. The monoisotopic (exact) mass is 284 g/mol. The zero-order valence-corrected chi connectivity index (χ0v) is 11.5. The number of rotatable bonds is 5. The number of carbonyl (C=O) groups excluding carboxylic acids is 1. The Bertz CT molecular complexity index is 529. The van der Waals surface area contributed by atoms with E-state index in [-0.39, 0.29) is 22.5 Å². The maximum absolute atomic E-state index is 12.0. The van der Waals surface area contributed by atoms with Crippen LogP contribution in [-0.2, 0) is 11.3 Å². The first kappa shape index (κ1) is 13.9. The van der Waals surface area contributed by atoms with Crippen molar-refractivity contribution in [1.29, 1.82) is 0 Å². The summed E-state index contributed by atoms with van der Waals surface area (Å²) in [5.41, 5.74) is 0.193. The van der Waals surface area contributed by atoms with Gasteiger partial charge in [0.25, 0.3) is 5.56 Å². The van der Waals surface area contributed by atoms with Crippen LogP contribution in [0.15, 0.2) is 11.0 Å². The van der Waals surface area contributed by atoms with Gasteiger partial charge in [-0.15, -0.1) is 0 Å². The number of unbranched alkanes of at least 4 members (excludes halogenated alkanes) is 1. The van der Waals surface area contributed by atoms with E-state index < -0.39 is 0 Å². The summed E-state index contributed by atoms with van der Waals surface area (Å²) >= 11 is 6.05. The molecule has 1 unspecified atom stereocenters. The molecule has 104 valence electrons. The van der Waals surface area contributed by atoms with Crippen molar-refractivity contribution in [3.63, 3.8) is 0 Å². The Morgan fingerprint density at radius 3 is 3.00 bits per heavy atom. The molecule has 1 atom stereocenters. The molecule has 0 spiro atoms. The van der Waals surface area contributed by atoms with Crippen molar-refractivity contribution in [2.45, 2.75) is 38.8 Å². The molecular weight excluding hydrogens is 268 g/mol. The molecular formula is C12H17ClN4O2. The lowest BCUT2D eigenvalue weighted by Crippen LogP contribution is -2.27. The molecule has 19 heavy (non-hydrogen) atoms. The van der Waals surface area contributed by atoms with Crippen LogP contribution in [0.2, 0.25) is 5.02 Å². The van der Waals surface area contributed by atoms with Gasteiger partial charge in [0.2, 0.25) is 5.91 Å². The second-order valence-corrected chi connectivity index (χ2v) is 4.98. The molecule has 1 aromatic rings. The van der Waals surface area contributed by atoms with E-state index >= 15 is 0 Å². The Kier molecular flexibility index (Phi) is 4.42. The predicted molar refractivity (Wildman–Crippen MR) is 73.5 cm³/mol. The van der Waals surface area contributed by atoms with Crippen molar-refractivity contribution in [3.05, 3.63) is 21.6 Å². The number of halogens is 1. The maximum Gasteiger partial charge on any atom is 0.287 e. The van der Waals surface area contributed by atoms with Crippen molar-refractivity contribution >= 4 is 23.2 Å². The van der Waals surface area contributed by atoms with E-state index in [4.69, 9.17) is 11.6 Å². The maximum atomic E-state index is 12.0. The van der Waals surface area contributed by atoms with Gasteiger partial charge in [0.1, 0.15) is 5.02 Å². The van der Waals surface area contributed by atoms with Crippen LogP contribution in [0.5, 0.6) is 0 Å². The smallest absolute Gasteiger partial charge is 0.287 e. The summed E-state index contributed by atoms with van der Waals surface area (Å²) in [6.45, 7) is 3.15. The number of amides is 1. The largest absolute Gasteiger partial charge is 0.377 e. The minimum Gasteiger partial charge on any atom is -0.377 e. The molecule has 6 nitrogen and oxygen atoms in total. The molecule has 7 heteroatoms. The van der Waals surface area contributed by atoms with Gasteiger partial charge in [0.05, 0.1) is 17.9 Å². The van der Waals surface area contributed by atoms with Gasteiger partial charge in [-0.05, 0) is 6.42 Å². The van der Waals surface area contributed by atoms with E-state index in [1.54, 1.807) is 6.20 Å². The fourth-order valence-corrected chi connectivity index (χ4v) is 2.16.